The van der Waals surface area contributed by atoms with Gasteiger partial charge in [0.25, 0.3) is 11.1 Å². The summed E-state index contributed by atoms with van der Waals surface area (Å²) in [5, 5.41) is 0. The van der Waals surface area contributed by atoms with Gasteiger partial charge >= 0.3 is 0 Å². The maximum atomic E-state index is 13.0. The van der Waals surface area contributed by atoms with E-state index in [0.29, 0.717) is 5.56 Å². The third-order valence-corrected chi connectivity index (χ3v) is 2.29. The van der Waals surface area contributed by atoms with E-state index < -0.39 is 16.9 Å². The summed E-state index contributed by atoms with van der Waals surface area (Å²) in [7, 11) is 0. The van der Waals surface area contributed by atoms with Crippen LogP contribution in [0.5, 0.6) is 0 Å². The summed E-state index contributed by atoms with van der Waals surface area (Å²) < 4.78 is 14.3. The molecule has 1 N–H and O–H groups in total. The molecule has 0 saturated heterocycles. The fourth-order valence-electron chi connectivity index (χ4n) is 1.41. The Hall–Kier alpha value is -1.98. The molecule has 0 aliphatic carbocycles. The Labute approximate surface area is 89.6 Å². The Bertz CT molecular complexity index is 657. The molecule has 84 valence electrons. The van der Waals surface area contributed by atoms with Crippen LogP contribution < -0.4 is 11.1 Å². The molecule has 0 aromatic carbocycles. The minimum Gasteiger partial charge on any atom is -0.291 e. The first-order chi connectivity index (χ1) is 7.49. The fraction of sp³-hybridized carbons (Fsp3) is 0.300. The predicted octanol–water partition coefficient (Wildman–Crippen LogP) is 0.645. The van der Waals surface area contributed by atoms with Crippen LogP contribution in [-0.2, 0) is 0 Å². The molecule has 2 heterocycles. The maximum Gasteiger partial charge on any atom is 0.288 e. The fourth-order valence-corrected chi connectivity index (χ4v) is 1.41. The summed E-state index contributed by atoms with van der Waals surface area (Å²) in [4.78, 5) is 28.4. The van der Waals surface area contributed by atoms with Crippen molar-refractivity contribution in [2.75, 3.05) is 0 Å². The van der Waals surface area contributed by atoms with Crippen molar-refractivity contribution >= 4 is 5.78 Å². The van der Waals surface area contributed by atoms with Gasteiger partial charge in [-0.2, -0.15) is 9.37 Å². The lowest BCUT2D eigenvalue weighted by molar-refractivity contribution is 0.596. The van der Waals surface area contributed by atoms with Gasteiger partial charge in [0.2, 0.25) is 11.6 Å². The minimum absolute atomic E-state index is 0.00751. The molecule has 5 nitrogen and oxygen atoms in total. The number of rotatable bonds is 1. The Balaban J connectivity index is 2.85. The summed E-state index contributed by atoms with van der Waals surface area (Å²) >= 11 is 0. The van der Waals surface area contributed by atoms with Crippen LogP contribution in [-0.4, -0.2) is 14.4 Å². The Morgan fingerprint density at radius 1 is 1.38 bits per heavy atom. The number of H-pyrrole nitrogens is 1. The van der Waals surface area contributed by atoms with Gasteiger partial charge in [0.05, 0.1) is 6.20 Å². The molecule has 0 unspecified atom stereocenters. The quantitative estimate of drug-likeness (QED) is 0.771. The van der Waals surface area contributed by atoms with Gasteiger partial charge in [-0.15, -0.1) is 0 Å². The molecule has 2 rings (SSSR count). The Kier molecular flexibility index (Phi) is 2.34. The molecular weight excluding hydrogens is 213 g/mol. The second kappa shape index (κ2) is 3.55. The van der Waals surface area contributed by atoms with Gasteiger partial charge in [0.15, 0.2) is 0 Å². The Morgan fingerprint density at radius 2 is 2.06 bits per heavy atom. The molecule has 0 atom stereocenters. The smallest absolute Gasteiger partial charge is 0.288 e. The number of hydrogen-bond donors (Lipinski definition) is 1. The lowest BCUT2D eigenvalue weighted by atomic mass is 10.1. The number of fused-ring (bicyclic) bond motifs is 1. The highest BCUT2D eigenvalue weighted by molar-refractivity contribution is 5.29. The van der Waals surface area contributed by atoms with Crippen molar-refractivity contribution in [1.29, 1.82) is 0 Å². The maximum absolute atomic E-state index is 13.0. The monoisotopic (exact) mass is 223 g/mol. The van der Waals surface area contributed by atoms with E-state index in [1.807, 2.05) is 13.8 Å². The second-order valence-corrected chi connectivity index (χ2v) is 3.82. The van der Waals surface area contributed by atoms with E-state index in [9.17, 15) is 14.0 Å². The van der Waals surface area contributed by atoms with E-state index in [-0.39, 0.29) is 11.7 Å². The summed E-state index contributed by atoms with van der Waals surface area (Å²) in [6.07, 6.45) is 2.49. The lowest BCUT2D eigenvalue weighted by Gasteiger charge is -2.05. The van der Waals surface area contributed by atoms with Crippen molar-refractivity contribution < 1.29 is 4.39 Å². The molecule has 16 heavy (non-hydrogen) atoms. The first-order valence-electron chi connectivity index (χ1n) is 4.81. The van der Waals surface area contributed by atoms with Gasteiger partial charge < -0.3 is 0 Å². The van der Waals surface area contributed by atoms with Gasteiger partial charge in [0, 0.05) is 11.8 Å². The largest absolute Gasteiger partial charge is 0.291 e. The third-order valence-electron chi connectivity index (χ3n) is 2.29. The summed E-state index contributed by atoms with van der Waals surface area (Å²) in [6, 6.07) is 0. The molecule has 0 saturated carbocycles. The first kappa shape index (κ1) is 10.5. The van der Waals surface area contributed by atoms with Crippen molar-refractivity contribution in [3.05, 3.63) is 44.5 Å². The topological polar surface area (TPSA) is 67.2 Å². The van der Waals surface area contributed by atoms with Crippen molar-refractivity contribution in [1.82, 2.24) is 14.4 Å². The Morgan fingerprint density at radius 3 is 2.69 bits per heavy atom. The van der Waals surface area contributed by atoms with E-state index in [1.165, 1.54) is 10.6 Å². The predicted molar refractivity (Wildman–Crippen MR) is 56.1 cm³/mol. The van der Waals surface area contributed by atoms with Crippen LogP contribution in [0.25, 0.3) is 5.78 Å². The van der Waals surface area contributed by atoms with Crippen LogP contribution in [0.3, 0.4) is 0 Å². The second-order valence-electron chi connectivity index (χ2n) is 3.82. The van der Waals surface area contributed by atoms with E-state index in [1.54, 1.807) is 0 Å². The summed E-state index contributed by atoms with van der Waals surface area (Å²) in [5.41, 5.74) is -0.814. The minimum atomic E-state index is -0.910. The van der Waals surface area contributed by atoms with Crippen molar-refractivity contribution in [2.45, 2.75) is 19.8 Å². The number of nitrogens with zero attached hydrogens (tertiary/aromatic N) is 2. The summed E-state index contributed by atoms with van der Waals surface area (Å²) in [5.74, 6) is -0.875. The highest BCUT2D eigenvalue weighted by atomic mass is 19.1. The van der Waals surface area contributed by atoms with Crippen molar-refractivity contribution in [3.8, 4) is 0 Å². The van der Waals surface area contributed by atoms with Crippen LogP contribution in [0.4, 0.5) is 4.39 Å². The van der Waals surface area contributed by atoms with Crippen LogP contribution in [0.1, 0.15) is 25.3 Å². The van der Waals surface area contributed by atoms with E-state index in [0.717, 1.165) is 6.20 Å². The normalized spacial score (nSPS) is 11.2. The SMILES string of the molecule is CC(C)c1cn2cc(F)c(=O)[nH]c2nc1=O. The van der Waals surface area contributed by atoms with Crippen molar-refractivity contribution in [2.24, 2.45) is 0 Å². The van der Waals surface area contributed by atoms with Gasteiger partial charge in [-0.25, -0.2) is 0 Å². The molecule has 2 aromatic rings. The van der Waals surface area contributed by atoms with E-state index in [2.05, 4.69) is 9.97 Å². The number of hydrogen-bond acceptors (Lipinski definition) is 3. The number of aromatic nitrogens is 3. The number of halogens is 1. The molecule has 2 aromatic heterocycles. The van der Waals surface area contributed by atoms with Gasteiger partial charge in [-0.05, 0) is 5.92 Å². The molecular formula is C10H10FN3O2. The van der Waals surface area contributed by atoms with Crippen LogP contribution in [0, 0.1) is 5.82 Å². The van der Waals surface area contributed by atoms with Crippen molar-refractivity contribution in [3.63, 3.8) is 0 Å². The van der Waals surface area contributed by atoms with Gasteiger partial charge in [-0.3, -0.25) is 19.0 Å². The molecule has 0 amide bonds. The van der Waals surface area contributed by atoms with E-state index >= 15 is 0 Å². The first-order valence-corrected chi connectivity index (χ1v) is 4.81. The number of nitrogens with one attached hydrogen (secondary N) is 1. The van der Waals surface area contributed by atoms with E-state index in [4.69, 9.17) is 0 Å². The molecule has 0 aliphatic heterocycles. The molecule has 0 bridgehead atoms. The molecule has 0 radical (unpaired) electrons. The van der Waals surface area contributed by atoms with Crippen LogP contribution in [0.2, 0.25) is 0 Å². The zero-order valence-corrected chi connectivity index (χ0v) is 8.82. The van der Waals surface area contributed by atoms with Gasteiger partial charge in [0.1, 0.15) is 0 Å². The zero-order valence-electron chi connectivity index (χ0n) is 8.82. The lowest BCUT2D eigenvalue weighted by Crippen LogP contribution is -2.21. The number of aromatic amines is 1. The van der Waals surface area contributed by atoms with Crippen LogP contribution >= 0.6 is 0 Å². The molecule has 0 fully saturated rings. The molecule has 0 spiro atoms. The molecule has 0 aliphatic rings. The average Bonchev–Trinajstić information content (AvgIpc) is 2.19. The van der Waals surface area contributed by atoms with Gasteiger partial charge in [-0.1, -0.05) is 13.8 Å². The third kappa shape index (κ3) is 1.62. The molecule has 6 heteroatoms. The highest BCUT2D eigenvalue weighted by Crippen LogP contribution is 2.08. The summed E-state index contributed by atoms with van der Waals surface area (Å²) in [6.45, 7) is 3.68. The van der Waals surface area contributed by atoms with Crippen LogP contribution in [0.15, 0.2) is 22.0 Å². The average molecular weight is 223 g/mol. The standard InChI is InChI=1S/C10H10FN3O2/c1-5(2)6-3-14-4-7(11)9(16)13-10(14)12-8(6)15/h3-5H,1-2H3,(H,12,13,15,16). The highest BCUT2D eigenvalue weighted by Gasteiger charge is 2.09. The zero-order chi connectivity index (χ0) is 11.9.